The molecule has 21 heavy (non-hydrogen) atoms. The molecule has 0 radical (unpaired) electrons. The van der Waals surface area contributed by atoms with Gasteiger partial charge in [-0.3, -0.25) is 0 Å². The predicted molar refractivity (Wildman–Crippen MR) is 83.9 cm³/mol. The molecule has 2 heterocycles. The summed E-state index contributed by atoms with van der Waals surface area (Å²) in [6.07, 6.45) is 2.80. The average Bonchev–Trinajstić information content (AvgIpc) is 3.17. The Morgan fingerprint density at radius 3 is 2.90 bits per heavy atom. The maximum Gasteiger partial charge on any atom is 0.299 e. The molecule has 2 N–H and O–H groups in total. The van der Waals surface area contributed by atoms with Gasteiger partial charge in [-0.25, -0.2) is 4.98 Å². The van der Waals surface area contributed by atoms with Crippen LogP contribution in [0.15, 0.2) is 59.1 Å². The van der Waals surface area contributed by atoms with E-state index < -0.39 is 0 Å². The normalized spacial score (nSPS) is 12.8. The smallest absolute Gasteiger partial charge is 0.299 e. The highest BCUT2D eigenvalue weighted by molar-refractivity contribution is 5.65. The minimum Gasteiger partial charge on any atom is -0.423 e. The van der Waals surface area contributed by atoms with E-state index in [0.29, 0.717) is 6.01 Å². The lowest BCUT2D eigenvalue weighted by molar-refractivity contribution is 0.592. The van der Waals surface area contributed by atoms with Gasteiger partial charge in [-0.2, -0.15) is 0 Å². The summed E-state index contributed by atoms with van der Waals surface area (Å²) in [6, 6.07) is 16.7. The molecule has 104 valence electrons. The van der Waals surface area contributed by atoms with Gasteiger partial charge in [0.15, 0.2) is 5.76 Å². The minimum absolute atomic E-state index is 0.514. The van der Waals surface area contributed by atoms with Crippen molar-refractivity contribution in [2.24, 2.45) is 0 Å². The van der Waals surface area contributed by atoms with Gasteiger partial charge in [0.05, 0.1) is 6.20 Å². The van der Waals surface area contributed by atoms with Gasteiger partial charge in [-0.15, -0.1) is 0 Å². The maximum atomic E-state index is 5.76. The summed E-state index contributed by atoms with van der Waals surface area (Å²) in [5.41, 5.74) is 4.57. The van der Waals surface area contributed by atoms with Gasteiger partial charge in [0.25, 0.3) is 6.01 Å². The predicted octanol–water partition coefficient (Wildman–Crippen LogP) is 4.05. The molecule has 1 aliphatic rings. The molecule has 4 heteroatoms. The Morgan fingerprint density at radius 1 is 1.10 bits per heavy atom. The van der Waals surface area contributed by atoms with Crippen LogP contribution in [0.25, 0.3) is 11.3 Å². The van der Waals surface area contributed by atoms with Gasteiger partial charge in [0, 0.05) is 23.5 Å². The van der Waals surface area contributed by atoms with Gasteiger partial charge in [-0.05, 0) is 30.2 Å². The van der Waals surface area contributed by atoms with Crippen LogP contribution < -0.4 is 10.6 Å². The van der Waals surface area contributed by atoms with Gasteiger partial charge in [0.1, 0.15) is 0 Å². The first-order valence-corrected chi connectivity index (χ1v) is 7.03. The van der Waals surface area contributed by atoms with E-state index in [1.807, 2.05) is 36.4 Å². The van der Waals surface area contributed by atoms with Crippen molar-refractivity contribution in [2.75, 3.05) is 17.2 Å². The first-order valence-electron chi connectivity index (χ1n) is 7.03. The summed E-state index contributed by atoms with van der Waals surface area (Å²) in [4.78, 5) is 4.29. The largest absolute Gasteiger partial charge is 0.423 e. The van der Waals surface area contributed by atoms with Crippen LogP contribution in [0.2, 0.25) is 0 Å². The topological polar surface area (TPSA) is 50.1 Å². The summed E-state index contributed by atoms with van der Waals surface area (Å²) in [5, 5.41) is 6.57. The molecule has 1 aromatic heterocycles. The lowest BCUT2D eigenvalue weighted by atomic mass is 10.1. The number of nitrogens with zero attached hydrogens (tertiary/aromatic N) is 1. The van der Waals surface area contributed by atoms with Crippen LogP contribution in [0.4, 0.5) is 17.4 Å². The number of rotatable bonds is 3. The third kappa shape index (κ3) is 2.36. The van der Waals surface area contributed by atoms with E-state index in [1.54, 1.807) is 6.20 Å². The number of anilines is 3. The molecule has 0 spiro atoms. The highest BCUT2D eigenvalue weighted by atomic mass is 16.4. The zero-order valence-electron chi connectivity index (χ0n) is 11.5. The zero-order valence-corrected chi connectivity index (χ0v) is 11.5. The van der Waals surface area contributed by atoms with E-state index in [2.05, 4.69) is 27.8 Å². The number of nitrogens with one attached hydrogen (secondary N) is 2. The van der Waals surface area contributed by atoms with Crippen molar-refractivity contribution in [1.82, 2.24) is 4.98 Å². The second-order valence-electron chi connectivity index (χ2n) is 5.07. The Hall–Kier alpha value is -2.75. The van der Waals surface area contributed by atoms with E-state index in [-0.39, 0.29) is 0 Å². The molecule has 4 rings (SSSR count). The molecule has 3 aromatic rings. The average molecular weight is 277 g/mol. The first-order chi connectivity index (χ1) is 10.4. The molecule has 1 aliphatic heterocycles. The number of fused-ring (bicyclic) bond motifs is 1. The van der Waals surface area contributed by atoms with E-state index in [4.69, 9.17) is 4.42 Å². The Morgan fingerprint density at radius 2 is 2.00 bits per heavy atom. The lowest BCUT2D eigenvalue weighted by Crippen LogP contribution is -1.91. The monoisotopic (exact) mass is 277 g/mol. The van der Waals surface area contributed by atoms with E-state index in [0.717, 1.165) is 30.0 Å². The molecular formula is C17H15N3O. The molecule has 0 amide bonds. The summed E-state index contributed by atoms with van der Waals surface area (Å²) >= 11 is 0. The van der Waals surface area contributed by atoms with Crippen molar-refractivity contribution in [2.45, 2.75) is 6.42 Å². The third-order valence-corrected chi connectivity index (χ3v) is 3.63. The van der Waals surface area contributed by atoms with Crippen LogP contribution in [-0.2, 0) is 6.42 Å². The third-order valence-electron chi connectivity index (χ3n) is 3.63. The minimum atomic E-state index is 0.514. The number of aromatic nitrogens is 1. The zero-order chi connectivity index (χ0) is 14.1. The highest BCUT2D eigenvalue weighted by Crippen LogP contribution is 2.28. The van der Waals surface area contributed by atoms with Crippen LogP contribution in [0.1, 0.15) is 5.56 Å². The van der Waals surface area contributed by atoms with Crippen molar-refractivity contribution in [1.29, 1.82) is 0 Å². The Balaban J connectivity index is 1.57. The van der Waals surface area contributed by atoms with Gasteiger partial charge in [-0.1, -0.05) is 30.3 Å². The Bertz CT molecular complexity index is 765. The lowest BCUT2D eigenvalue weighted by Gasteiger charge is -2.04. The van der Waals surface area contributed by atoms with Gasteiger partial charge >= 0.3 is 0 Å². The molecule has 0 saturated heterocycles. The molecule has 0 unspecified atom stereocenters. The van der Waals surface area contributed by atoms with E-state index in [9.17, 15) is 0 Å². The Kier molecular flexibility index (Phi) is 2.85. The molecular weight excluding hydrogens is 262 g/mol. The van der Waals surface area contributed by atoms with Crippen LogP contribution in [0, 0.1) is 0 Å². The quantitative estimate of drug-likeness (QED) is 0.758. The van der Waals surface area contributed by atoms with Crippen molar-refractivity contribution in [3.8, 4) is 11.3 Å². The summed E-state index contributed by atoms with van der Waals surface area (Å²) < 4.78 is 5.76. The summed E-state index contributed by atoms with van der Waals surface area (Å²) in [6.45, 7) is 1.01. The molecule has 0 saturated carbocycles. The van der Waals surface area contributed by atoms with Crippen molar-refractivity contribution in [3.63, 3.8) is 0 Å². The fourth-order valence-electron chi connectivity index (χ4n) is 2.57. The fourth-order valence-corrected chi connectivity index (χ4v) is 2.57. The van der Waals surface area contributed by atoms with Crippen molar-refractivity contribution >= 4 is 17.4 Å². The fraction of sp³-hybridized carbons (Fsp3) is 0.118. The van der Waals surface area contributed by atoms with E-state index >= 15 is 0 Å². The van der Waals surface area contributed by atoms with Gasteiger partial charge < -0.3 is 15.1 Å². The number of hydrogen-bond acceptors (Lipinski definition) is 4. The second-order valence-corrected chi connectivity index (χ2v) is 5.07. The number of hydrogen-bond donors (Lipinski definition) is 2. The van der Waals surface area contributed by atoms with Crippen LogP contribution in [0.5, 0.6) is 0 Å². The number of benzene rings is 2. The van der Waals surface area contributed by atoms with Crippen LogP contribution >= 0.6 is 0 Å². The summed E-state index contributed by atoms with van der Waals surface area (Å²) in [7, 11) is 0. The first kappa shape index (κ1) is 12.0. The van der Waals surface area contributed by atoms with Crippen molar-refractivity contribution in [3.05, 3.63) is 60.3 Å². The molecule has 4 nitrogen and oxygen atoms in total. The molecule has 0 aliphatic carbocycles. The standard InChI is InChI=1S/C17H15N3O/c1-2-4-12(5-3-1)16-11-19-17(21-16)20-14-6-7-15-13(10-14)8-9-18-15/h1-7,10-11,18H,8-9H2,(H,19,20). The highest BCUT2D eigenvalue weighted by Gasteiger charge is 2.11. The summed E-state index contributed by atoms with van der Waals surface area (Å²) in [5.74, 6) is 0.765. The molecule has 0 atom stereocenters. The van der Waals surface area contributed by atoms with E-state index in [1.165, 1.54) is 11.3 Å². The SMILES string of the molecule is c1ccc(-c2cnc(Nc3ccc4c(c3)CCN4)o2)cc1. The van der Waals surface area contributed by atoms with Crippen molar-refractivity contribution < 1.29 is 4.42 Å². The van der Waals surface area contributed by atoms with Gasteiger partial charge in [0.2, 0.25) is 0 Å². The van der Waals surface area contributed by atoms with Crippen LogP contribution in [-0.4, -0.2) is 11.5 Å². The van der Waals surface area contributed by atoms with Crippen LogP contribution in [0.3, 0.4) is 0 Å². The molecule has 2 aromatic carbocycles. The second kappa shape index (κ2) is 4.98. The molecule has 0 fully saturated rings. The Labute approximate surface area is 122 Å². The maximum absolute atomic E-state index is 5.76. The number of oxazole rings is 1. The molecule has 0 bridgehead atoms.